The SMILES string of the molecule is COc1ccccc1C1=C(Nc2ccccc2)C(=O)N(c2ccccc2F)C1=O. The molecule has 0 aromatic heterocycles. The number of para-hydroxylation sites is 3. The van der Waals surface area contributed by atoms with Crippen LogP contribution in [0.15, 0.2) is 84.6 Å². The average Bonchev–Trinajstić information content (AvgIpc) is 2.99. The van der Waals surface area contributed by atoms with Crippen molar-refractivity contribution in [2.75, 3.05) is 17.3 Å². The largest absolute Gasteiger partial charge is 0.496 e. The Balaban J connectivity index is 1.89. The van der Waals surface area contributed by atoms with Gasteiger partial charge in [-0.25, -0.2) is 9.29 Å². The molecule has 0 spiro atoms. The maximum Gasteiger partial charge on any atom is 0.282 e. The summed E-state index contributed by atoms with van der Waals surface area (Å²) in [6, 6.07) is 21.6. The predicted octanol–water partition coefficient (Wildman–Crippen LogP) is 4.23. The Labute approximate surface area is 167 Å². The van der Waals surface area contributed by atoms with Crippen LogP contribution in [0.4, 0.5) is 15.8 Å². The molecule has 6 heteroatoms. The first-order valence-corrected chi connectivity index (χ1v) is 8.95. The highest BCUT2D eigenvalue weighted by molar-refractivity contribution is 6.46. The number of nitrogens with zero attached hydrogens (tertiary/aromatic N) is 1. The van der Waals surface area contributed by atoms with E-state index in [4.69, 9.17) is 4.74 Å². The summed E-state index contributed by atoms with van der Waals surface area (Å²) in [4.78, 5) is 27.4. The third-order valence-corrected chi connectivity index (χ3v) is 4.60. The molecule has 3 aromatic rings. The van der Waals surface area contributed by atoms with Crippen LogP contribution in [-0.2, 0) is 9.59 Å². The van der Waals surface area contributed by atoms with Crippen molar-refractivity contribution in [1.82, 2.24) is 0 Å². The summed E-state index contributed by atoms with van der Waals surface area (Å²) in [7, 11) is 1.49. The molecule has 1 heterocycles. The zero-order valence-corrected chi connectivity index (χ0v) is 15.6. The number of halogens is 1. The summed E-state index contributed by atoms with van der Waals surface area (Å²) >= 11 is 0. The Bertz CT molecular complexity index is 1130. The molecule has 0 bridgehead atoms. The van der Waals surface area contributed by atoms with E-state index in [1.165, 1.54) is 25.3 Å². The molecule has 0 saturated heterocycles. The lowest BCUT2D eigenvalue weighted by Crippen LogP contribution is -2.33. The van der Waals surface area contributed by atoms with Gasteiger partial charge in [-0.2, -0.15) is 0 Å². The van der Waals surface area contributed by atoms with Gasteiger partial charge < -0.3 is 10.1 Å². The Hall–Kier alpha value is -3.93. The van der Waals surface area contributed by atoms with Crippen LogP contribution in [-0.4, -0.2) is 18.9 Å². The maximum atomic E-state index is 14.4. The smallest absolute Gasteiger partial charge is 0.282 e. The molecule has 1 aliphatic heterocycles. The number of carbonyl (C=O) groups excluding carboxylic acids is 2. The number of carbonyl (C=O) groups is 2. The third-order valence-electron chi connectivity index (χ3n) is 4.60. The van der Waals surface area contributed by atoms with Crippen LogP contribution in [0.2, 0.25) is 0 Å². The van der Waals surface area contributed by atoms with Crippen LogP contribution in [0.25, 0.3) is 5.57 Å². The second kappa shape index (κ2) is 7.59. The second-order valence-electron chi connectivity index (χ2n) is 6.34. The fourth-order valence-electron chi connectivity index (χ4n) is 3.26. The molecule has 0 atom stereocenters. The van der Waals surface area contributed by atoms with Crippen LogP contribution in [0, 0.1) is 5.82 Å². The van der Waals surface area contributed by atoms with Crippen molar-refractivity contribution >= 4 is 28.8 Å². The minimum atomic E-state index is -0.658. The maximum absolute atomic E-state index is 14.4. The number of hydrogen-bond donors (Lipinski definition) is 1. The lowest BCUT2D eigenvalue weighted by atomic mass is 10.0. The fraction of sp³-hybridized carbons (Fsp3) is 0.0435. The summed E-state index contributed by atoms with van der Waals surface area (Å²) in [6.45, 7) is 0. The molecule has 3 aromatic carbocycles. The molecule has 0 unspecified atom stereocenters. The van der Waals surface area contributed by atoms with Gasteiger partial charge in [0.15, 0.2) is 0 Å². The van der Waals surface area contributed by atoms with E-state index in [1.807, 2.05) is 18.2 Å². The van der Waals surface area contributed by atoms with Crippen LogP contribution in [0.1, 0.15) is 5.56 Å². The van der Waals surface area contributed by atoms with E-state index in [1.54, 1.807) is 42.5 Å². The summed E-state index contributed by atoms with van der Waals surface area (Å²) in [5, 5.41) is 3.03. The Kier molecular flexibility index (Phi) is 4.83. The van der Waals surface area contributed by atoms with Crippen molar-refractivity contribution in [2.45, 2.75) is 0 Å². The average molecular weight is 388 g/mol. The number of hydrogen-bond acceptors (Lipinski definition) is 4. The van der Waals surface area contributed by atoms with Crippen molar-refractivity contribution in [3.8, 4) is 5.75 Å². The third kappa shape index (κ3) is 3.25. The van der Waals surface area contributed by atoms with Gasteiger partial charge in [0.25, 0.3) is 11.8 Å². The zero-order valence-electron chi connectivity index (χ0n) is 15.6. The number of imide groups is 1. The van der Waals surface area contributed by atoms with E-state index in [9.17, 15) is 14.0 Å². The number of rotatable bonds is 5. The first-order chi connectivity index (χ1) is 14.1. The van der Waals surface area contributed by atoms with Gasteiger partial charge in [0, 0.05) is 11.3 Å². The van der Waals surface area contributed by atoms with E-state index < -0.39 is 17.6 Å². The van der Waals surface area contributed by atoms with Crippen LogP contribution < -0.4 is 15.0 Å². The highest BCUT2D eigenvalue weighted by Gasteiger charge is 2.42. The van der Waals surface area contributed by atoms with Gasteiger partial charge >= 0.3 is 0 Å². The summed E-state index contributed by atoms with van der Waals surface area (Å²) in [6.07, 6.45) is 0. The van der Waals surface area contributed by atoms with E-state index in [-0.39, 0.29) is 17.0 Å². The van der Waals surface area contributed by atoms with E-state index in [0.717, 1.165) is 4.90 Å². The molecule has 5 nitrogen and oxygen atoms in total. The molecule has 144 valence electrons. The molecule has 1 N–H and O–H groups in total. The summed E-state index contributed by atoms with van der Waals surface area (Å²) in [5.41, 5.74) is 1.17. The highest BCUT2D eigenvalue weighted by Crippen LogP contribution is 2.37. The molecule has 2 amide bonds. The number of anilines is 2. The van der Waals surface area contributed by atoms with Gasteiger partial charge in [0.2, 0.25) is 0 Å². The minimum absolute atomic E-state index is 0.0638. The standard InChI is InChI=1S/C23H17FN2O3/c1-29-19-14-8-5-11-16(19)20-21(25-15-9-3-2-4-10-15)23(28)26(22(20)27)18-13-7-6-12-17(18)24/h2-14,25H,1H3. The molecule has 29 heavy (non-hydrogen) atoms. The molecule has 0 fully saturated rings. The van der Waals surface area contributed by atoms with Gasteiger partial charge in [-0.1, -0.05) is 48.5 Å². The van der Waals surface area contributed by atoms with Crippen LogP contribution >= 0.6 is 0 Å². The molecule has 1 aliphatic rings. The first-order valence-electron chi connectivity index (χ1n) is 8.95. The monoisotopic (exact) mass is 388 g/mol. The normalized spacial score (nSPS) is 13.8. The van der Waals surface area contributed by atoms with E-state index >= 15 is 0 Å². The van der Waals surface area contributed by atoms with Crippen molar-refractivity contribution in [2.24, 2.45) is 0 Å². The predicted molar refractivity (Wildman–Crippen MR) is 109 cm³/mol. The topological polar surface area (TPSA) is 58.6 Å². The van der Waals surface area contributed by atoms with Crippen LogP contribution in [0.5, 0.6) is 5.75 Å². The van der Waals surface area contributed by atoms with Gasteiger partial charge in [0.1, 0.15) is 17.3 Å². The van der Waals surface area contributed by atoms with Crippen molar-refractivity contribution in [3.05, 3.63) is 95.9 Å². The number of ether oxygens (including phenoxy) is 1. The fourth-order valence-corrected chi connectivity index (χ4v) is 3.26. The number of nitrogens with one attached hydrogen (secondary N) is 1. The first kappa shape index (κ1) is 18.4. The molecule has 0 saturated carbocycles. The van der Waals surface area contributed by atoms with E-state index in [0.29, 0.717) is 17.0 Å². The van der Waals surface area contributed by atoms with Crippen molar-refractivity contribution in [1.29, 1.82) is 0 Å². The number of amides is 2. The quantitative estimate of drug-likeness (QED) is 0.665. The number of benzene rings is 3. The van der Waals surface area contributed by atoms with Gasteiger partial charge in [0.05, 0.1) is 18.4 Å². The zero-order chi connectivity index (χ0) is 20.4. The Morgan fingerprint density at radius 1 is 0.828 bits per heavy atom. The summed E-state index contributed by atoms with van der Waals surface area (Å²) < 4.78 is 19.8. The molecular formula is C23H17FN2O3. The molecular weight excluding hydrogens is 371 g/mol. The van der Waals surface area contributed by atoms with Crippen molar-refractivity contribution < 1.29 is 18.7 Å². The minimum Gasteiger partial charge on any atom is -0.496 e. The molecule has 0 radical (unpaired) electrons. The van der Waals surface area contributed by atoms with Gasteiger partial charge in [-0.05, 0) is 30.3 Å². The highest BCUT2D eigenvalue weighted by atomic mass is 19.1. The molecule has 0 aliphatic carbocycles. The van der Waals surface area contributed by atoms with Crippen LogP contribution in [0.3, 0.4) is 0 Å². The summed E-state index contributed by atoms with van der Waals surface area (Å²) in [5.74, 6) is -1.48. The number of methoxy groups -OCH3 is 1. The Morgan fingerprint density at radius 2 is 1.48 bits per heavy atom. The van der Waals surface area contributed by atoms with Crippen molar-refractivity contribution in [3.63, 3.8) is 0 Å². The van der Waals surface area contributed by atoms with Gasteiger partial charge in [-0.3, -0.25) is 9.59 Å². The van der Waals surface area contributed by atoms with E-state index in [2.05, 4.69) is 5.32 Å². The lowest BCUT2D eigenvalue weighted by Gasteiger charge is -2.16. The van der Waals surface area contributed by atoms with Gasteiger partial charge in [-0.15, -0.1) is 0 Å². The lowest BCUT2D eigenvalue weighted by molar-refractivity contribution is -0.120. The Morgan fingerprint density at radius 3 is 2.21 bits per heavy atom. The second-order valence-corrected chi connectivity index (χ2v) is 6.34. The molecule has 4 rings (SSSR count).